The zero-order valence-electron chi connectivity index (χ0n) is 6.06. The largest absolute Gasteiger partial charge is 0.266 e. The zero-order valence-corrected chi connectivity index (χ0v) is 8.40. The molecule has 0 aromatic carbocycles. The molecule has 13 heavy (non-hydrogen) atoms. The summed E-state index contributed by atoms with van der Waals surface area (Å²) >= 11 is 8.46. The molecule has 1 rings (SSSR count). The summed E-state index contributed by atoms with van der Waals surface area (Å²) in [5.74, 6) is 0. The van der Waals surface area contributed by atoms with Crippen molar-refractivity contribution in [1.29, 1.82) is 5.26 Å². The first-order chi connectivity index (χ1) is 6.07. The molecule has 68 valence electrons. The minimum absolute atomic E-state index is 0.00519. The molecule has 0 fully saturated rings. The fourth-order valence-corrected chi connectivity index (χ4v) is 1.35. The average molecular weight is 267 g/mol. The fourth-order valence-electron chi connectivity index (χ4n) is 0.708. The first-order valence-corrected chi connectivity index (χ1v) is 4.27. The lowest BCUT2D eigenvalue weighted by atomic mass is 10.2. The van der Waals surface area contributed by atoms with Gasteiger partial charge in [-0.1, -0.05) is 11.6 Å². The van der Waals surface area contributed by atoms with E-state index in [1.807, 2.05) is 0 Å². The van der Waals surface area contributed by atoms with Crippen molar-refractivity contribution < 1.29 is 8.78 Å². The zero-order chi connectivity index (χ0) is 10.0. The van der Waals surface area contributed by atoms with E-state index in [0.717, 1.165) is 6.20 Å². The Labute approximate surface area is 86.3 Å². The predicted molar refractivity (Wildman–Crippen MR) is 46.6 cm³/mol. The molecular formula is C7H2BrClF2N2. The number of rotatable bonds is 1. The average Bonchev–Trinajstić information content (AvgIpc) is 2.09. The van der Waals surface area contributed by atoms with Crippen LogP contribution in [0.5, 0.6) is 0 Å². The standard InChI is InChI=1S/C7H2BrClF2N2/c8-5-4(1-12)13-2-3(6(5)9)7(10)11/h2,7H. The van der Waals surface area contributed by atoms with E-state index in [4.69, 9.17) is 16.9 Å². The summed E-state index contributed by atoms with van der Waals surface area (Å²) in [5.41, 5.74) is -0.387. The lowest BCUT2D eigenvalue weighted by molar-refractivity contribution is 0.151. The second-order valence-corrected chi connectivity index (χ2v) is 3.27. The van der Waals surface area contributed by atoms with Crippen molar-refractivity contribution in [2.45, 2.75) is 6.43 Å². The first-order valence-electron chi connectivity index (χ1n) is 3.10. The minimum atomic E-state index is -2.69. The van der Waals surface area contributed by atoms with Crippen LogP contribution < -0.4 is 0 Å². The molecule has 0 aliphatic heterocycles. The highest BCUT2D eigenvalue weighted by Crippen LogP contribution is 2.33. The number of nitrogens with zero attached hydrogens (tertiary/aromatic N) is 2. The molecule has 0 saturated heterocycles. The lowest BCUT2D eigenvalue weighted by Crippen LogP contribution is -1.93. The molecule has 6 heteroatoms. The number of hydrogen-bond acceptors (Lipinski definition) is 2. The van der Waals surface area contributed by atoms with Crippen LogP contribution >= 0.6 is 27.5 Å². The molecule has 0 aliphatic carbocycles. The molecular weight excluding hydrogens is 265 g/mol. The van der Waals surface area contributed by atoms with Crippen molar-refractivity contribution >= 4 is 27.5 Å². The Bertz CT molecular complexity index is 375. The van der Waals surface area contributed by atoms with Crippen molar-refractivity contribution in [3.05, 3.63) is 26.9 Å². The van der Waals surface area contributed by atoms with Crippen LogP contribution in [-0.2, 0) is 0 Å². The summed E-state index contributed by atoms with van der Waals surface area (Å²) in [6, 6.07) is 1.71. The number of pyridine rings is 1. The molecule has 0 radical (unpaired) electrons. The fraction of sp³-hybridized carbons (Fsp3) is 0.143. The van der Waals surface area contributed by atoms with Gasteiger partial charge in [0.2, 0.25) is 0 Å². The van der Waals surface area contributed by atoms with Crippen molar-refractivity contribution in [3.8, 4) is 6.07 Å². The third-order valence-corrected chi connectivity index (χ3v) is 2.74. The summed E-state index contributed by atoms with van der Waals surface area (Å²) < 4.78 is 24.5. The summed E-state index contributed by atoms with van der Waals surface area (Å²) in [5, 5.41) is 8.32. The number of alkyl halides is 2. The summed E-state index contributed by atoms with van der Waals surface area (Å²) in [4.78, 5) is 3.51. The Kier molecular flexibility index (Phi) is 3.17. The maximum Gasteiger partial charge on any atom is 0.266 e. The Morgan fingerprint density at radius 1 is 1.62 bits per heavy atom. The second-order valence-electron chi connectivity index (χ2n) is 2.10. The minimum Gasteiger partial charge on any atom is -0.244 e. The molecule has 0 amide bonds. The highest BCUT2D eigenvalue weighted by Gasteiger charge is 2.17. The molecule has 0 unspecified atom stereocenters. The van der Waals surface area contributed by atoms with E-state index in [1.54, 1.807) is 6.07 Å². The quantitative estimate of drug-likeness (QED) is 0.783. The van der Waals surface area contributed by atoms with Gasteiger partial charge in [0, 0.05) is 6.20 Å². The van der Waals surface area contributed by atoms with Gasteiger partial charge in [-0.3, -0.25) is 0 Å². The molecule has 0 bridgehead atoms. The maximum absolute atomic E-state index is 12.2. The molecule has 0 saturated carbocycles. The van der Waals surface area contributed by atoms with E-state index >= 15 is 0 Å². The summed E-state index contributed by atoms with van der Waals surface area (Å²) in [6.07, 6.45) is -1.79. The third kappa shape index (κ3) is 1.95. The molecule has 1 aromatic rings. The maximum atomic E-state index is 12.2. The third-order valence-electron chi connectivity index (χ3n) is 1.33. The molecule has 0 spiro atoms. The van der Waals surface area contributed by atoms with E-state index in [9.17, 15) is 8.78 Å². The molecule has 1 heterocycles. The Morgan fingerprint density at radius 2 is 2.23 bits per heavy atom. The van der Waals surface area contributed by atoms with Gasteiger partial charge >= 0.3 is 0 Å². The van der Waals surface area contributed by atoms with E-state index in [2.05, 4.69) is 20.9 Å². The number of hydrogen-bond donors (Lipinski definition) is 0. The molecule has 0 N–H and O–H groups in total. The van der Waals surface area contributed by atoms with Crippen molar-refractivity contribution in [3.63, 3.8) is 0 Å². The summed E-state index contributed by atoms with van der Waals surface area (Å²) in [6.45, 7) is 0. The van der Waals surface area contributed by atoms with Crippen LogP contribution in [0.2, 0.25) is 5.02 Å². The van der Waals surface area contributed by atoms with Crippen LogP contribution in [0.1, 0.15) is 17.7 Å². The number of aromatic nitrogens is 1. The highest BCUT2D eigenvalue weighted by atomic mass is 79.9. The van der Waals surface area contributed by atoms with Gasteiger partial charge < -0.3 is 0 Å². The van der Waals surface area contributed by atoms with Crippen molar-refractivity contribution in [1.82, 2.24) is 4.98 Å². The van der Waals surface area contributed by atoms with Gasteiger partial charge in [-0.05, 0) is 15.9 Å². The van der Waals surface area contributed by atoms with E-state index in [1.165, 1.54) is 0 Å². The van der Waals surface area contributed by atoms with Gasteiger partial charge in [0.05, 0.1) is 15.1 Å². The van der Waals surface area contributed by atoms with Crippen LogP contribution in [0, 0.1) is 11.3 Å². The Balaban J connectivity index is 3.33. The number of halogens is 4. The van der Waals surface area contributed by atoms with Crippen LogP contribution in [0.3, 0.4) is 0 Å². The predicted octanol–water partition coefficient (Wildman–Crippen LogP) is 3.31. The topological polar surface area (TPSA) is 36.7 Å². The lowest BCUT2D eigenvalue weighted by Gasteiger charge is -2.04. The van der Waals surface area contributed by atoms with E-state index in [0.29, 0.717) is 0 Å². The van der Waals surface area contributed by atoms with Crippen LogP contribution in [0.25, 0.3) is 0 Å². The van der Waals surface area contributed by atoms with Gasteiger partial charge in [-0.2, -0.15) is 5.26 Å². The summed E-state index contributed by atoms with van der Waals surface area (Å²) in [7, 11) is 0. The van der Waals surface area contributed by atoms with Gasteiger partial charge in [0.25, 0.3) is 6.43 Å². The van der Waals surface area contributed by atoms with Gasteiger partial charge in [-0.25, -0.2) is 13.8 Å². The SMILES string of the molecule is N#Cc1ncc(C(F)F)c(Cl)c1Br. The van der Waals surface area contributed by atoms with Crippen LogP contribution in [0.15, 0.2) is 10.7 Å². The van der Waals surface area contributed by atoms with Crippen molar-refractivity contribution in [2.75, 3.05) is 0 Å². The smallest absolute Gasteiger partial charge is 0.244 e. The molecule has 0 atom stereocenters. The van der Waals surface area contributed by atoms with Gasteiger partial charge in [0.1, 0.15) is 6.07 Å². The first kappa shape index (κ1) is 10.4. The van der Waals surface area contributed by atoms with E-state index in [-0.39, 0.29) is 20.8 Å². The monoisotopic (exact) mass is 266 g/mol. The number of nitriles is 1. The molecule has 2 nitrogen and oxygen atoms in total. The second kappa shape index (κ2) is 3.99. The Hall–Kier alpha value is -0.730. The van der Waals surface area contributed by atoms with Crippen molar-refractivity contribution in [2.24, 2.45) is 0 Å². The molecule has 0 aliphatic rings. The Morgan fingerprint density at radius 3 is 2.69 bits per heavy atom. The van der Waals surface area contributed by atoms with Crippen LogP contribution in [-0.4, -0.2) is 4.98 Å². The molecule has 1 aromatic heterocycles. The highest BCUT2D eigenvalue weighted by molar-refractivity contribution is 9.10. The van der Waals surface area contributed by atoms with E-state index < -0.39 is 6.43 Å². The van der Waals surface area contributed by atoms with Crippen LogP contribution in [0.4, 0.5) is 8.78 Å². The van der Waals surface area contributed by atoms with Gasteiger partial charge in [-0.15, -0.1) is 0 Å². The normalized spacial score (nSPS) is 10.2. The van der Waals surface area contributed by atoms with Gasteiger partial charge in [0.15, 0.2) is 5.69 Å².